The number of aromatic amines is 1. The maximum absolute atomic E-state index is 14.2. The fourth-order valence-corrected chi connectivity index (χ4v) is 5.28. The van der Waals surface area contributed by atoms with Crippen molar-refractivity contribution in [3.63, 3.8) is 0 Å². The molecular weight excluding hydrogens is 537 g/mol. The zero-order chi connectivity index (χ0) is 28.6. The summed E-state index contributed by atoms with van der Waals surface area (Å²) in [7, 11) is -4.24. The molecule has 0 saturated carbocycles. The van der Waals surface area contributed by atoms with Crippen molar-refractivity contribution >= 4 is 38.6 Å². The number of nitrogens with two attached hydrogens (primary N) is 1. The van der Waals surface area contributed by atoms with Crippen LogP contribution in [0.15, 0.2) is 77.7 Å². The number of sulfonamides is 1. The number of nitrogens with zero attached hydrogens (tertiary/aromatic N) is 2. The minimum absolute atomic E-state index is 0.0218. The van der Waals surface area contributed by atoms with Crippen molar-refractivity contribution < 1.29 is 27.5 Å². The third-order valence-electron chi connectivity index (χ3n) is 6.36. The molecule has 0 radical (unpaired) electrons. The third kappa shape index (κ3) is 4.99. The zero-order valence-corrected chi connectivity index (χ0v) is 21.8. The van der Waals surface area contributed by atoms with Gasteiger partial charge in [0, 0.05) is 16.7 Å². The number of pyridine rings is 1. The van der Waals surface area contributed by atoms with Gasteiger partial charge in [0.1, 0.15) is 5.82 Å². The topological polar surface area (TPSA) is 168 Å². The molecule has 202 valence electrons. The van der Waals surface area contributed by atoms with Gasteiger partial charge >= 0.3 is 5.97 Å². The normalized spacial score (nSPS) is 11.4. The van der Waals surface area contributed by atoms with Crippen LogP contribution in [0.25, 0.3) is 33.5 Å². The highest BCUT2D eigenvalue weighted by atomic mass is 32.2. The Morgan fingerprint density at radius 1 is 1.00 bits per heavy atom. The summed E-state index contributed by atoms with van der Waals surface area (Å²) < 4.78 is 42.1. The number of fused-ring (bicyclic) bond motifs is 1. The molecule has 2 heterocycles. The molecule has 0 unspecified atom stereocenters. The lowest BCUT2D eigenvalue weighted by atomic mass is 10.0. The Morgan fingerprint density at radius 3 is 2.30 bits per heavy atom. The predicted octanol–water partition coefficient (Wildman–Crippen LogP) is 4.59. The maximum atomic E-state index is 14.2. The number of aromatic carboxylic acids is 1. The van der Waals surface area contributed by atoms with Gasteiger partial charge in [-0.25, -0.2) is 22.6 Å². The van der Waals surface area contributed by atoms with Crippen molar-refractivity contribution in [2.75, 3.05) is 4.72 Å². The van der Waals surface area contributed by atoms with Crippen molar-refractivity contribution in [3.05, 3.63) is 95.3 Å². The second-order valence-corrected chi connectivity index (χ2v) is 10.6. The minimum atomic E-state index is -4.24. The molecule has 2 aromatic heterocycles. The summed E-state index contributed by atoms with van der Waals surface area (Å²) in [6.45, 7) is 2.04. The van der Waals surface area contributed by atoms with Crippen LogP contribution in [0.1, 0.15) is 33.2 Å². The minimum Gasteiger partial charge on any atom is -0.478 e. The number of carboxylic acids is 1. The van der Waals surface area contributed by atoms with E-state index in [2.05, 4.69) is 19.9 Å². The highest BCUT2D eigenvalue weighted by Gasteiger charge is 2.21. The quantitative estimate of drug-likeness (QED) is 0.216. The molecule has 3 aromatic carbocycles. The Labute approximate surface area is 227 Å². The van der Waals surface area contributed by atoms with E-state index in [1.165, 1.54) is 30.3 Å². The zero-order valence-electron chi connectivity index (χ0n) is 21.0. The molecule has 40 heavy (non-hydrogen) atoms. The van der Waals surface area contributed by atoms with E-state index in [0.29, 0.717) is 16.6 Å². The van der Waals surface area contributed by atoms with Crippen LogP contribution < -0.4 is 10.5 Å². The van der Waals surface area contributed by atoms with E-state index in [1.807, 2.05) is 31.2 Å². The van der Waals surface area contributed by atoms with Crippen LogP contribution in [0.5, 0.6) is 0 Å². The van der Waals surface area contributed by atoms with E-state index in [-0.39, 0.29) is 27.4 Å². The number of amides is 1. The lowest BCUT2D eigenvalue weighted by Crippen LogP contribution is -2.16. The highest BCUT2D eigenvalue weighted by molar-refractivity contribution is 7.92. The van der Waals surface area contributed by atoms with Crippen LogP contribution in [0.2, 0.25) is 0 Å². The molecule has 0 atom stereocenters. The molecule has 5 N–H and O–H groups in total. The van der Waals surface area contributed by atoms with Crippen LogP contribution in [0, 0.1) is 5.82 Å². The Hall–Kier alpha value is -5.10. The molecule has 0 spiro atoms. The first-order valence-corrected chi connectivity index (χ1v) is 13.5. The first-order chi connectivity index (χ1) is 19.1. The number of anilines is 1. The van der Waals surface area contributed by atoms with Crippen molar-refractivity contribution in [1.29, 1.82) is 0 Å². The number of carboxylic acid groups (broad SMARTS) is 1. The summed E-state index contributed by atoms with van der Waals surface area (Å²) in [5.41, 5.74) is 7.98. The van der Waals surface area contributed by atoms with Gasteiger partial charge in [-0.1, -0.05) is 43.3 Å². The van der Waals surface area contributed by atoms with Gasteiger partial charge in [0.25, 0.3) is 10.0 Å². The molecule has 0 aliphatic heterocycles. The van der Waals surface area contributed by atoms with E-state index < -0.39 is 33.4 Å². The summed E-state index contributed by atoms with van der Waals surface area (Å²) in [5.74, 6) is -2.90. The number of hydrogen-bond donors (Lipinski definition) is 4. The van der Waals surface area contributed by atoms with Gasteiger partial charge in [0.15, 0.2) is 5.65 Å². The van der Waals surface area contributed by atoms with Gasteiger partial charge in [0.2, 0.25) is 5.91 Å². The van der Waals surface area contributed by atoms with Gasteiger partial charge in [-0.15, -0.1) is 0 Å². The summed E-state index contributed by atoms with van der Waals surface area (Å²) in [5, 5.41) is 17.4. The molecule has 5 aromatic rings. The first kappa shape index (κ1) is 26.5. The third-order valence-corrected chi connectivity index (χ3v) is 7.74. The Bertz CT molecular complexity index is 1890. The van der Waals surface area contributed by atoms with Gasteiger partial charge in [-0.2, -0.15) is 5.10 Å². The second kappa shape index (κ2) is 10.2. The molecule has 12 heteroatoms. The molecule has 0 aliphatic rings. The van der Waals surface area contributed by atoms with Crippen LogP contribution in [-0.4, -0.2) is 40.6 Å². The number of carbonyl (C=O) groups is 2. The average molecular weight is 560 g/mol. The number of nitrogens with one attached hydrogen (secondary N) is 2. The summed E-state index contributed by atoms with van der Waals surface area (Å²) in [6.07, 6.45) is 0.866. The summed E-state index contributed by atoms with van der Waals surface area (Å²) in [4.78, 5) is 27.9. The molecule has 5 rings (SSSR count). The van der Waals surface area contributed by atoms with Gasteiger partial charge < -0.3 is 10.8 Å². The Morgan fingerprint density at radius 2 is 1.68 bits per heavy atom. The highest BCUT2D eigenvalue weighted by Crippen LogP contribution is 2.32. The van der Waals surface area contributed by atoms with Crippen LogP contribution in [0.4, 0.5) is 10.1 Å². The number of benzene rings is 3. The molecule has 10 nitrogen and oxygen atoms in total. The molecule has 0 bridgehead atoms. The summed E-state index contributed by atoms with van der Waals surface area (Å²) in [6, 6.07) is 17.6. The second-order valence-electron chi connectivity index (χ2n) is 8.90. The lowest BCUT2D eigenvalue weighted by molar-refractivity contribution is 0.0698. The van der Waals surface area contributed by atoms with Crippen molar-refractivity contribution in [2.24, 2.45) is 5.73 Å². The largest absolute Gasteiger partial charge is 0.478 e. The Kier molecular flexibility index (Phi) is 6.78. The fraction of sp³-hybridized carbons (Fsp3) is 0.0714. The fourth-order valence-electron chi connectivity index (χ4n) is 4.22. The maximum Gasteiger partial charge on any atom is 0.336 e. The van der Waals surface area contributed by atoms with Crippen molar-refractivity contribution in [3.8, 4) is 22.5 Å². The van der Waals surface area contributed by atoms with E-state index >= 15 is 0 Å². The molecule has 0 fully saturated rings. The number of hydrogen-bond acceptors (Lipinski definition) is 6. The number of primary amides is 1. The van der Waals surface area contributed by atoms with Gasteiger partial charge in [0.05, 0.1) is 32.9 Å². The predicted molar refractivity (Wildman–Crippen MR) is 147 cm³/mol. The Balaban J connectivity index is 1.49. The standard InChI is InChI=1S/C28H22FN5O5S/c1-2-15-3-5-17(6-4-15)25-24-20(28(36)37)14-22(31-27(24)33-32-25)16-7-10-19(11-8-16)40(38,39)34-23-13-18(26(30)35)9-12-21(23)29/h3-14,34H,2H2,1H3,(H2,30,35)(H,36,37)(H,31,32,33). The van der Waals surface area contributed by atoms with Gasteiger partial charge in [-0.05, 0) is 48.4 Å². The number of aryl methyl sites for hydroxylation is 1. The monoisotopic (exact) mass is 559 g/mol. The van der Waals surface area contributed by atoms with Gasteiger partial charge in [-0.3, -0.25) is 14.6 Å². The van der Waals surface area contributed by atoms with E-state index in [1.54, 1.807) is 0 Å². The van der Waals surface area contributed by atoms with Crippen LogP contribution in [-0.2, 0) is 16.4 Å². The van der Waals surface area contributed by atoms with Crippen LogP contribution >= 0.6 is 0 Å². The van der Waals surface area contributed by atoms with Crippen LogP contribution in [0.3, 0.4) is 0 Å². The van der Waals surface area contributed by atoms with E-state index in [9.17, 15) is 27.5 Å². The van der Waals surface area contributed by atoms with Crippen molar-refractivity contribution in [1.82, 2.24) is 15.2 Å². The number of aromatic nitrogens is 3. The average Bonchev–Trinajstić information content (AvgIpc) is 3.37. The smallest absolute Gasteiger partial charge is 0.336 e. The summed E-state index contributed by atoms with van der Waals surface area (Å²) >= 11 is 0. The molecule has 0 saturated heterocycles. The van der Waals surface area contributed by atoms with Crippen molar-refractivity contribution in [2.45, 2.75) is 18.2 Å². The number of halogens is 1. The molecule has 0 aliphatic carbocycles. The number of rotatable bonds is 8. The lowest BCUT2D eigenvalue weighted by Gasteiger charge is -2.11. The molecular formula is C28H22FN5O5S. The molecule has 1 amide bonds. The first-order valence-electron chi connectivity index (χ1n) is 12.0. The SMILES string of the molecule is CCc1ccc(-c2[nH]nc3nc(-c4ccc(S(=O)(=O)Nc5cc(C(N)=O)ccc5F)cc4)cc(C(=O)O)c23)cc1. The number of H-pyrrole nitrogens is 1. The number of carbonyl (C=O) groups excluding carboxylic acids is 1. The van der Waals surface area contributed by atoms with E-state index in [4.69, 9.17) is 5.73 Å². The van der Waals surface area contributed by atoms with E-state index in [0.717, 1.165) is 35.7 Å².